The predicted octanol–water partition coefficient (Wildman–Crippen LogP) is 4.63. The van der Waals surface area contributed by atoms with Gasteiger partial charge in [0.25, 0.3) is 0 Å². The van der Waals surface area contributed by atoms with Crippen LogP contribution in [0.2, 0.25) is 0 Å². The highest BCUT2D eigenvalue weighted by Gasteiger charge is 2.22. The molecule has 1 atom stereocenters. The molecule has 0 aliphatic carbocycles. The molecular weight excluding hydrogens is 260 g/mol. The number of aromatic nitrogens is 2. The molecule has 2 rings (SSSR count). The van der Waals surface area contributed by atoms with Gasteiger partial charge in [0.15, 0.2) is 6.29 Å². The molecule has 21 heavy (non-hydrogen) atoms. The Labute approximate surface area is 127 Å². The van der Waals surface area contributed by atoms with E-state index < -0.39 is 0 Å². The minimum absolute atomic E-state index is 0.0108. The maximum Gasteiger partial charge on any atom is 0.153 e. The van der Waals surface area contributed by atoms with Crippen molar-refractivity contribution < 1.29 is 4.79 Å². The molecule has 3 heteroatoms. The second kappa shape index (κ2) is 5.84. The quantitative estimate of drug-likeness (QED) is 0.767. The van der Waals surface area contributed by atoms with Crippen LogP contribution >= 0.6 is 0 Å². The lowest BCUT2D eigenvalue weighted by atomic mass is 9.82. The molecule has 0 fully saturated rings. The van der Waals surface area contributed by atoms with Crippen molar-refractivity contribution in [3.63, 3.8) is 0 Å². The smallest absolute Gasteiger partial charge is 0.153 e. The zero-order chi connectivity index (χ0) is 15.6. The van der Waals surface area contributed by atoms with Crippen LogP contribution in [0.15, 0.2) is 30.5 Å². The third kappa shape index (κ3) is 3.07. The van der Waals surface area contributed by atoms with Gasteiger partial charge in [-0.15, -0.1) is 0 Å². The van der Waals surface area contributed by atoms with Crippen molar-refractivity contribution in [3.05, 3.63) is 41.6 Å². The second-order valence-electron chi connectivity index (χ2n) is 6.58. The van der Waals surface area contributed by atoms with Gasteiger partial charge in [-0.2, -0.15) is 5.10 Å². The minimum atomic E-state index is 0.0108. The highest BCUT2D eigenvalue weighted by Crippen LogP contribution is 2.33. The van der Waals surface area contributed by atoms with Crippen molar-refractivity contribution in [1.29, 1.82) is 0 Å². The van der Waals surface area contributed by atoms with Crippen LogP contribution in [0.1, 0.15) is 63.0 Å². The van der Waals surface area contributed by atoms with E-state index in [0.29, 0.717) is 11.6 Å². The number of nitrogens with zero attached hydrogens (tertiary/aromatic N) is 2. The summed E-state index contributed by atoms with van der Waals surface area (Å²) >= 11 is 0. The van der Waals surface area contributed by atoms with Gasteiger partial charge in [0, 0.05) is 17.8 Å². The summed E-state index contributed by atoms with van der Waals surface area (Å²) in [6, 6.07) is 8.50. The van der Waals surface area contributed by atoms with Gasteiger partial charge < -0.3 is 0 Å². The van der Waals surface area contributed by atoms with Gasteiger partial charge >= 0.3 is 0 Å². The summed E-state index contributed by atoms with van der Waals surface area (Å²) in [4.78, 5) is 11.4. The molecule has 1 unspecified atom stereocenters. The van der Waals surface area contributed by atoms with Crippen molar-refractivity contribution >= 4 is 6.29 Å². The Kier molecular flexibility index (Phi) is 4.31. The van der Waals surface area contributed by atoms with Gasteiger partial charge in [-0.1, -0.05) is 52.0 Å². The third-order valence-corrected chi connectivity index (χ3v) is 3.92. The highest BCUT2D eigenvalue weighted by molar-refractivity contribution is 5.86. The molecule has 1 aromatic carbocycles. The van der Waals surface area contributed by atoms with Crippen LogP contribution in [0.5, 0.6) is 0 Å². The fourth-order valence-electron chi connectivity index (χ4n) is 2.46. The van der Waals surface area contributed by atoms with Gasteiger partial charge in [-0.05, 0) is 24.3 Å². The summed E-state index contributed by atoms with van der Waals surface area (Å²) in [7, 11) is 0. The Bertz CT molecular complexity index is 635. The minimum Gasteiger partial charge on any atom is -0.298 e. The largest absolute Gasteiger partial charge is 0.298 e. The Balaban J connectivity index is 2.62. The first-order valence-electron chi connectivity index (χ1n) is 7.52. The van der Waals surface area contributed by atoms with Crippen molar-refractivity contribution in [2.24, 2.45) is 0 Å². The Hall–Kier alpha value is -1.90. The van der Waals surface area contributed by atoms with Crippen molar-refractivity contribution in [2.75, 3.05) is 0 Å². The summed E-state index contributed by atoms with van der Waals surface area (Å²) < 4.78 is 1.90. The average molecular weight is 284 g/mol. The normalized spacial score (nSPS) is 13.2. The zero-order valence-corrected chi connectivity index (χ0v) is 13.6. The number of hydrogen-bond acceptors (Lipinski definition) is 2. The predicted molar refractivity (Wildman–Crippen MR) is 86.8 cm³/mol. The topological polar surface area (TPSA) is 34.9 Å². The molecule has 0 bridgehead atoms. The molecule has 0 saturated heterocycles. The first-order chi connectivity index (χ1) is 9.88. The van der Waals surface area contributed by atoms with Crippen LogP contribution in [-0.2, 0) is 5.41 Å². The number of rotatable bonds is 4. The van der Waals surface area contributed by atoms with E-state index in [1.54, 1.807) is 0 Å². The highest BCUT2D eigenvalue weighted by atomic mass is 16.1. The summed E-state index contributed by atoms with van der Waals surface area (Å²) in [6.07, 6.45) is 3.75. The number of carbonyl (C=O) groups excluding carboxylic acids is 1. The lowest BCUT2D eigenvalue weighted by Crippen LogP contribution is -2.13. The summed E-state index contributed by atoms with van der Waals surface area (Å²) in [5.74, 6) is 0. The molecule has 0 saturated carbocycles. The van der Waals surface area contributed by atoms with Gasteiger partial charge in [0.2, 0.25) is 0 Å². The van der Waals surface area contributed by atoms with Gasteiger partial charge in [-0.25, -0.2) is 0 Å². The van der Waals surface area contributed by atoms with E-state index in [2.05, 4.69) is 51.9 Å². The monoisotopic (exact) mass is 284 g/mol. The Morgan fingerprint density at radius 3 is 2.52 bits per heavy atom. The molecule has 3 nitrogen and oxygen atoms in total. The first kappa shape index (κ1) is 15.5. The van der Waals surface area contributed by atoms with E-state index in [9.17, 15) is 4.79 Å². The molecule has 0 N–H and O–H groups in total. The molecule has 112 valence electrons. The van der Waals surface area contributed by atoms with Gasteiger partial charge in [-0.3, -0.25) is 9.48 Å². The van der Waals surface area contributed by atoms with Crippen LogP contribution in [0.3, 0.4) is 0 Å². The molecule has 2 aromatic rings. The van der Waals surface area contributed by atoms with Gasteiger partial charge in [0.05, 0.1) is 5.56 Å². The number of aldehydes is 1. The lowest BCUT2D eigenvalue weighted by Gasteiger charge is -2.22. The second-order valence-corrected chi connectivity index (χ2v) is 6.58. The standard InChI is InChI=1S/C18H24N2O/c1-6-13(2)20-11-14(12-21)17(19-20)15-9-7-8-10-16(15)18(3,4)5/h7-13H,6H2,1-5H3. The zero-order valence-electron chi connectivity index (χ0n) is 13.6. The van der Waals surface area contributed by atoms with Crippen LogP contribution in [-0.4, -0.2) is 16.1 Å². The van der Waals surface area contributed by atoms with E-state index in [-0.39, 0.29) is 5.41 Å². The van der Waals surface area contributed by atoms with Crippen molar-refractivity contribution in [2.45, 2.75) is 52.5 Å². The summed E-state index contributed by atoms with van der Waals surface area (Å²) in [5, 5.41) is 4.68. The van der Waals surface area contributed by atoms with Crippen LogP contribution < -0.4 is 0 Å². The number of benzene rings is 1. The van der Waals surface area contributed by atoms with Crippen molar-refractivity contribution in [3.8, 4) is 11.3 Å². The molecule has 0 aliphatic rings. The fourth-order valence-corrected chi connectivity index (χ4v) is 2.46. The summed E-state index contributed by atoms with van der Waals surface area (Å²) in [5.41, 5.74) is 3.72. The SMILES string of the molecule is CCC(C)n1cc(C=O)c(-c2ccccc2C(C)(C)C)n1. The fraction of sp³-hybridized carbons (Fsp3) is 0.444. The maximum absolute atomic E-state index is 11.4. The van der Waals surface area contributed by atoms with E-state index in [1.807, 2.05) is 23.0 Å². The van der Waals surface area contributed by atoms with Crippen LogP contribution in [0.25, 0.3) is 11.3 Å². The van der Waals surface area contributed by atoms with E-state index in [1.165, 1.54) is 5.56 Å². The molecule has 0 spiro atoms. The number of hydrogen-bond donors (Lipinski definition) is 0. The number of carbonyl (C=O) groups is 1. The van der Waals surface area contributed by atoms with E-state index in [4.69, 9.17) is 0 Å². The molecule has 0 radical (unpaired) electrons. The molecule has 1 heterocycles. The average Bonchev–Trinajstić information content (AvgIpc) is 2.89. The van der Waals surface area contributed by atoms with Crippen LogP contribution in [0, 0.1) is 0 Å². The summed E-state index contributed by atoms with van der Waals surface area (Å²) in [6.45, 7) is 10.8. The molecule has 1 aromatic heterocycles. The first-order valence-corrected chi connectivity index (χ1v) is 7.52. The molecule has 0 amide bonds. The van der Waals surface area contributed by atoms with Gasteiger partial charge in [0.1, 0.15) is 5.69 Å². The lowest BCUT2D eigenvalue weighted by molar-refractivity contribution is 0.112. The van der Waals surface area contributed by atoms with Crippen LogP contribution in [0.4, 0.5) is 0 Å². The van der Waals surface area contributed by atoms with E-state index >= 15 is 0 Å². The van der Waals surface area contributed by atoms with E-state index in [0.717, 1.165) is 24.0 Å². The Morgan fingerprint density at radius 2 is 1.95 bits per heavy atom. The Morgan fingerprint density at radius 1 is 1.29 bits per heavy atom. The third-order valence-electron chi connectivity index (χ3n) is 3.92. The molecular formula is C18H24N2O. The molecule has 0 aliphatic heterocycles. The maximum atomic E-state index is 11.4. The van der Waals surface area contributed by atoms with Crippen molar-refractivity contribution in [1.82, 2.24) is 9.78 Å².